The van der Waals surface area contributed by atoms with E-state index < -0.39 is 11.3 Å². The lowest BCUT2D eigenvalue weighted by atomic mass is 9.81. The number of rotatable bonds is 9. The molecule has 0 aromatic heterocycles. The second-order valence-corrected chi connectivity index (χ2v) is 5.23. The number of halogens is 1. The van der Waals surface area contributed by atoms with Crippen LogP contribution in [0, 0.1) is 5.41 Å². The van der Waals surface area contributed by atoms with Crippen LogP contribution in [-0.4, -0.2) is 25.0 Å². The van der Waals surface area contributed by atoms with Gasteiger partial charge in [0.05, 0.1) is 18.4 Å². The quantitative estimate of drug-likeness (QED) is 0.637. The van der Waals surface area contributed by atoms with Crippen LogP contribution < -0.4 is 21.5 Å². The van der Waals surface area contributed by atoms with Crippen molar-refractivity contribution >= 4 is 29.9 Å². The molecule has 0 atom stereocenters. The van der Waals surface area contributed by atoms with Crippen LogP contribution in [0.4, 0.5) is 5.69 Å². The summed E-state index contributed by atoms with van der Waals surface area (Å²) in [5.74, 6) is 0.152. The number of nitrogens with two attached hydrogens (primary N) is 2. The van der Waals surface area contributed by atoms with Gasteiger partial charge >= 0.3 is 0 Å². The highest BCUT2D eigenvalue weighted by atomic mass is 35.5. The molecular weight excluding hydrogens is 318 g/mol. The summed E-state index contributed by atoms with van der Waals surface area (Å²) >= 11 is 0. The molecule has 0 aliphatic carbocycles. The van der Waals surface area contributed by atoms with Crippen LogP contribution >= 0.6 is 12.4 Å². The van der Waals surface area contributed by atoms with E-state index in [1.165, 1.54) is 0 Å². The molecule has 5 N–H and O–H groups in total. The number of hydrogen-bond donors (Lipinski definition) is 3. The number of ether oxygens (including phenoxy) is 1. The average molecular weight is 344 g/mol. The predicted molar refractivity (Wildman–Crippen MR) is 93.7 cm³/mol. The Hall–Kier alpha value is -1.79. The zero-order chi connectivity index (χ0) is 16.6. The maximum absolute atomic E-state index is 12.4. The molecule has 0 bridgehead atoms. The Balaban J connectivity index is 0.00000484. The summed E-state index contributed by atoms with van der Waals surface area (Å²) in [5, 5.41) is 2.89. The molecule has 0 heterocycles. The fourth-order valence-electron chi connectivity index (χ4n) is 2.12. The molecule has 0 aliphatic rings. The maximum Gasteiger partial charge on any atom is 0.231 e. The molecule has 0 radical (unpaired) electrons. The van der Waals surface area contributed by atoms with Gasteiger partial charge in [0.1, 0.15) is 5.75 Å². The van der Waals surface area contributed by atoms with E-state index in [4.69, 9.17) is 16.2 Å². The van der Waals surface area contributed by atoms with E-state index in [0.29, 0.717) is 30.8 Å². The van der Waals surface area contributed by atoms with Crippen LogP contribution in [0.5, 0.6) is 5.75 Å². The lowest BCUT2D eigenvalue weighted by molar-refractivity contribution is -0.125. The first-order valence-corrected chi connectivity index (χ1v) is 7.50. The molecule has 7 heteroatoms. The van der Waals surface area contributed by atoms with Crippen molar-refractivity contribution in [3.63, 3.8) is 0 Å². The van der Waals surface area contributed by atoms with Crippen molar-refractivity contribution in [3.05, 3.63) is 24.3 Å². The zero-order valence-corrected chi connectivity index (χ0v) is 14.4. The number of carbonyl (C=O) groups is 2. The van der Waals surface area contributed by atoms with Crippen molar-refractivity contribution in [1.82, 2.24) is 0 Å². The zero-order valence-electron chi connectivity index (χ0n) is 13.6. The van der Waals surface area contributed by atoms with Crippen molar-refractivity contribution < 1.29 is 14.3 Å². The summed E-state index contributed by atoms with van der Waals surface area (Å²) in [6, 6.07) is 6.98. The second kappa shape index (κ2) is 10.1. The third kappa shape index (κ3) is 6.08. The minimum absolute atomic E-state index is 0. The van der Waals surface area contributed by atoms with Gasteiger partial charge < -0.3 is 21.5 Å². The van der Waals surface area contributed by atoms with Crippen molar-refractivity contribution in [2.24, 2.45) is 16.9 Å². The normalized spacial score (nSPS) is 10.6. The third-order valence-corrected chi connectivity index (χ3v) is 3.96. The van der Waals surface area contributed by atoms with Crippen LogP contribution in [0.25, 0.3) is 0 Å². The fraction of sp³-hybridized carbons (Fsp3) is 0.500. The highest BCUT2D eigenvalue weighted by Gasteiger charge is 2.33. The summed E-state index contributed by atoms with van der Waals surface area (Å²) < 4.78 is 5.37. The van der Waals surface area contributed by atoms with Gasteiger partial charge in [0.2, 0.25) is 11.8 Å². The summed E-state index contributed by atoms with van der Waals surface area (Å²) in [5.41, 5.74) is 11.0. The van der Waals surface area contributed by atoms with Crippen molar-refractivity contribution in [2.75, 3.05) is 18.5 Å². The first kappa shape index (κ1) is 21.2. The van der Waals surface area contributed by atoms with Crippen LogP contribution in [0.15, 0.2) is 24.3 Å². The maximum atomic E-state index is 12.4. The molecule has 1 aromatic rings. The highest BCUT2D eigenvalue weighted by Crippen LogP contribution is 2.27. The molecule has 130 valence electrons. The van der Waals surface area contributed by atoms with E-state index in [1.54, 1.807) is 24.3 Å². The Morgan fingerprint density at radius 2 is 1.74 bits per heavy atom. The monoisotopic (exact) mass is 343 g/mol. The Bertz CT molecular complexity index is 494. The van der Waals surface area contributed by atoms with Gasteiger partial charge in [-0.25, -0.2) is 0 Å². The molecule has 6 nitrogen and oxygen atoms in total. The van der Waals surface area contributed by atoms with Gasteiger partial charge in [0.25, 0.3) is 0 Å². The first-order chi connectivity index (χ1) is 10.5. The second-order valence-electron chi connectivity index (χ2n) is 5.23. The van der Waals surface area contributed by atoms with Crippen molar-refractivity contribution in [3.8, 4) is 5.75 Å². The van der Waals surface area contributed by atoms with E-state index in [1.807, 2.05) is 13.8 Å². The topological polar surface area (TPSA) is 107 Å². The molecule has 0 saturated carbocycles. The Morgan fingerprint density at radius 1 is 1.17 bits per heavy atom. The minimum atomic E-state index is -0.531. The number of nitrogens with one attached hydrogen (secondary N) is 1. The number of anilines is 1. The summed E-state index contributed by atoms with van der Waals surface area (Å²) in [4.78, 5) is 23.0. The number of carbonyl (C=O) groups excluding carboxylic acids is 2. The van der Waals surface area contributed by atoms with Gasteiger partial charge in [-0.15, -0.1) is 12.4 Å². The van der Waals surface area contributed by atoms with Gasteiger partial charge in [-0.2, -0.15) is 0 Å². The lowest BCUT2D eigenvalue weighted by Crippen LogP contribution is -2.41. The summed E-state index contributed by atoms with van der Waals surface area (Å²) in [6.45, 7) is 4.49. The Morgan fingerprint density at radius 3 is 2.17 bits per heavy atom. The van der Waals surface area contributed by atoms with E-state index in [9.17, 15) is 9.59 Å². The first-order valence-electron chi connectivity index (χ1n) is 7.50. The van der Waals surface area contributed by atoms with Crippen molar-refractivity contribution in [2.45, 2.75) is 33.1 Å². The van der Waals surface area contributed by atoms with Crippen LogP contribution in [0.3, 0.4) is 0 Å². The highest BCUT2D eigenvalue weighted by molar-refractivity contribution is 5.95. The molecule has 1 aromatic carbocycles. The molecule has 0 spiro atoms. The molecule has 23 heavy (non-hydrogen) atoms. The van der Waals surface area contributed by atoms with E-state index in [0.717, 1.165) is 0 Å². The lowest BCUT2D eigenvalue weighted by Gasteiger charge is -2.28. The molecule has 2 amide bonds. The fourth-order valence-corrected chi connectivity index (χ4v) is 2.12. The number of amides is 2. The SMILES string of the molecule is CCC(CC)(CN)C(=O)Nc1ccc(OCCC(N)=O)cc1.Cl. The molecule has 0 unspecified atom stereocenters. The number of benzene rings is 1. The number of hydrogen-bond acceptors (Lipinski definition) is 4. The standard InChI is InChI=1S/C16H25N3O3.ClH/c1-3-16(4-2,11-17)15(21)19-12-5-7-13(8-6-12)22-10-9-14(18)20;/h5-8H,3-4,9-11,17H2,1-2H3,(H2,18,20)(H,19,21);1H. The molecule has 1 rings (SSSR count). The van der Waals surface area contributed by atoms with Crippen LogP contribution in [-0.2, 0) is 9.59 Å². The van der Waals surface area contributed by atoms with E-state index >= 15 is 0 Å². The molecule has 0 fully saturated rings. The number of primary amides is 1. The van der Waals surface area contributed by atoms with Crippen LogP contribution in [0.1, 0.15) is 33.1 Å². The summed E-state index contributed by atoms with van der Waals surface area (Å²) in [7, 11) is 0. The van der Waals surface area contributed by atoms with E-state index in [2.05, 4.69) is 5.32 Å². The Kier molecular flexibility index (Phi) is 9.29. The van der Waals surface area contributed by atoms with Gasteiger partial charge in [-0.05, 0) is 37.1 Å². The van der Waals surface area contributed by atoms with E-state index in [-0.39, 0.29) is 31.3 Å². The average Bonchev–Trinajstić information content (AvgIpc) is 2.51. The van der Waals surface area contributed by atoms with Crippen molar-refractivity contribution in [1.29, 1.82) is 0 Å². The van der Waals surface area contributed by atoms with Gasteiger partial charge in [0, 0.05) is 12.2 Å². The smallest absolute Gasteiger partial charge is 0.231 e. The van der Waals surface area contributed by atoms with Gasteiger partial charge in [-0.3, -0.25) is 9.59 Å². The molecule has 0 aliphatic heterocycles. The minimum Gasteiger partial charge on any atom is -0.493 e. The Labute approximate surface area is 143 Å². The summed E-state index contributed by atoms with van der Waals surface area (Å²) in [6.07, 6.45) is 1.56. The van der Waals surface area contributed by atoms with Gasteiger partial charge in [0.15, 0.2) is 0 Å². The van der Waals surface area contributed by atoms with Gasteiger partial charge in [-0.1, -0.05) is 13.8 Å². The third-order valence-electron chi connectivity index (χ3n) is 3.96. The largest absolute Gasteiger partial charge is 0.493 e. The van der Waals surface area contributed by atoms with Crippen LogP contribution in [0.2, 0.25) is 0 Å². The predicted octanol–water partition coefficient (Wildman–Crippen LogP) is 2.07. The molecular formula is C16H26ClN3O3. The molecule has 0 saturated heterocycles.